The molecular formula is C29H27ClF4N2O3. The van der Waals surface area contributed by atoms with Crippen molar-refractivity contribution in [1.29, 1.82) is 0 Å². The minimum Gasteiger partial charge on any atom is -0.497 e. The first kappa shape index (κ1) is 28.7. The number of carboxylic acids is 1. The Balaban J connectivity index is 1.37. The van der Waals surface area contributed by atoms with Gasteiger partial charge >= 0.3 is 12.1 Å². The number of benzene rings is 2. The second kappa shape index (κ2) is 12.2. The highest BCUT2D eigenvalue weighted by Crippen LogP contribution is 2.36. The molecule has 0 amide bonds. The number of methoxy groups -OCH3 is 1. The number of halogens is 5. The lowest BCUT2D eigenvalue weighted by molar-refractivity contribution is -0.146. The SMILES string of the molecule is COc1ccc2nccc(C(F)CC[C@@H]3CCN(CC#Cc4ccc(C(F)(F)F)cc4Cl)C[C@@H]3C(=O)O)c2c1. The number of pyridine rings is 1. The maximum absolute atomic E-state index is 15.4. The summed E-state index contributed by atoms with van der Waals surface area (Å²) in [7, 11) is 1.54. The van der Waals surface area contributed by atoms with Gasteiger partial charge in [0.15, 0.2) is 0 Å². The van der Waals surface area contributed by atoms with E-state index in [-0.39, 0.29) is 36.0 Å². The largest absolute Gasteiger partial charge is 0.497 e. The van der Waals surface area contributed by atoms with Crippen LogP contribution in [0.25, 0.3) is 10.9 Å². The van der Waals surface area contributed by atoms with Crippen molar-refractivity contribution in [2.45, 2.75) is 31.6 Å². The van der Waals surface area contributed by atoms with Crippen LogP contribution in [0.2, 0.25) is 5.02 Å². The van der Waals surface area contributed by atoms with Gasteiger partial charge in [-0.1, -0.05) is 23.4 Å². The minimum atomic E-state index is -4.49. The number of aromatic nitrogens is 1. The Morgan fingerprint density at radius 1 is 1.26 bits per heavy atom. The van der Waals surface area contributed by atoms with Crippen molar-refractivity contribution in [3.63, 3.8) is 0 Å². The van der Waals surface area contributed by atoms with Crippen LogP contribution in [-0.2, 0) is 11.0 Å². The van der Waals surface area contributed by atoms with Gasteiger partial charge < -0.3 is 9.84 Å². The van der Waals surface area contributed by atoms with E-state index in [4.69, 9.17) is 16.3 Å². The fourth-order valence-electron chi connectivity index (χ4n) is 4.94. The molecule has 1 aliphatic heterocycles. The summed E-state index contributed by atoms with van der Waals surface area (Å²) in [6, 6.07) is 9.91. The summed E-state index contributed by atoms with van der Waals surface area (Å²) < 4.78 is 59.1. The van der Waals surface area contributed by atoms with E-state index in [1.807, 2.05) is 4.90 Å². The van der Waals surface area contributed by atoms with Crippen LogP contribution in [0.4, 0.5) is 17.6 Å². The Labute approximate surface area is 228 Å². The quantitative estimate of drug-likeness (QED) is 0.254. The van der Waals surface area contributed by atoms with Crippen LogP contribution < -0.4 is 4.74 Å². The predicted molar refractivity (Wildman–Crippen MR) is 140 cm³/mol. The zero-order valence-corrected chi connectivity index (χ0v) is 21.9. The van der Waals surface area contributed by atoms with Crippen LogP contribution in [0.5, 0.6) is 5.75 Å². The van der Waals surface area contributed by atoms with E-state index in [1.165, 1.54) is 13.2 Å². The molecule has 2 aromatic carbocycles. The van der Waals surface area contributed by atoms with Gasteiger partial charge in [-0.25, -0.2) is 4.39 Å². The van der Waals surface area contributed by atoms with Gasteiger partial charge in [-0.05, 0) is 79.8 Å². The molecule has 39 heavy (non-hydrogen) atoms. The lowest BCUT2D eigenvalue weighted by atomic mass is 9.81. The highest BCUT2D eigenvalue weighted by molar-refractivity contribution is 6.31. The average Bonchev–Trinajstić information content (AvgIpc) is 2.91. The zero-order chi connectivity index (χ0) is 28.2. The Hall–Kier alpha value is -3.35. The van der Waals surface area contributed by atoms with Crippen LogP contribution in [0.15, 0.2) is 48.7 Å². The van der Waals surface area contributed by atoms with Crippen LogP contribution in [-0.4, -0.2) is 47.7 Å². The molecule has 3 atom stereocenters. The maximum atomic E-state index is 15.4. The van der Waals surface area contributed by atoms with Crippen molar-refractivity contribution < 1.29 is 32.2 Å². The van der Waals surface area contributed by atoms with E-state index < -0.39 is 29.8 Å². The molecule has 10 heteroatoms. The first-order valence-corrected chi connectivity index (χ1v) is 12.8. The third-order valence-corrected chi connectivity index (χ3v) is 7.40. The highest BCUT2D eigenvalue weighted by atomic mass is 35.5. The summed E-state index contributed by atoms with van der Waals surface area (Å²) in [5.41, 5.74) is 0.577. The third kappa shape index (κ3) is 7.00. The molecule has 1 unspecified atom stereocenters. The molecule has 0 spiro atoms. The maximum Gasteiger partial charge on any atom is 0.416 e. The Morgan fingerprint density at radius 3 is 2.74 bits per heavy atom. The molecule has 0 bridgehead atoms. The van der Waals surface area contributed by atoms with Crippen molar-refractivity contribution in [2.75, 3.05) is 26.7 Å². The number of fused-ring (bicyclic) bond motifs is 1. The minimum absolute atomic E-state index is 0.0966. The van der Waals surface area contributed by atoms with Gasteiger partial charge in [-0.3, -0.25) is 14.7 Å². The number of alkyl halides is 4. The molecule has 1 aromatic heterocycles. The number of piperidine rings is 1. The number of aliphatic carboxylic acids is 1. The van der Waals surface area contributed by atoms with Gasteiger partial charge in [0.1, 0.15) is 11.9 Å². The van der Waals surface area contributed by atoms with Gasteiger partial charge in [-0.2, -0.15) is 13.2 Å². The third-order valence-electron chi connectivity index (χ3n) is 7.09. The first-order chi connectivity index (χ1) is 18.6. The molecule has 1 N–H and O–H groups in total. The number of carbonyl (C=O) groups is 1. The van der Waals surface area contributed by atoms with Crippen molar-refractivity contribution in [3.05, 3.63) is 70.4 Å². The Bertz CT molecular complexity index is 1400. The second-order valence-electron chi connectivity index (χ2n) is 9.55. The fraction of sp³-hybridized carbons (Fsp3) is 0.379. The number of rotatable bonds is 7. The molecule has 206 valence electrons. The number of carboxylic acid groups (broad SMARTS) is 1. The van der Waals surface area contributed by atoms with Gasteiger partial charge in [-0.15, -0.1) is 0 Å². The zero-order valence-electron chi connectivity index (χ0n) is 21.1. The summed E-state index contributed by atoms with van der Waals surface area (Å²) in [6.45, 7) is 1.07. The van der Waals surface area contributed by atoms with Crippen LogP contribution in [0.1, 0.15) is 42.1 Å². The van der Waals surface area contributed by atoms with Crippen LogP contribution >= 0.6 is 11.6 Å². The Kier molecular flexibility index (Phi) is 8.98. The van der Waals surface area contributed by atoms with Gasteiger partial charge in [0.25, 0.3) is 0 Å². The van der Waals surface area contributed by atoms with E-state index >= 15 is 4.39 Å². The van der Waals surface area contributed by atoms with Gasteiger partial charge in [0.2, 0.25) is 0 Å². The molecule has 5 nitrogen and oxygen atoms in total. The van der Waals surface area contributed by atoms with Crippen molar-refractivity contribution in [3.8, 4) is 17.6 Å². The van der Waals surface area contributed by atoms with E-state index in [2.05, 4.69) is 16.8 Å². The fourth-order valence-corrected chi connectivity index (χ4v) is 5.17. The van der Waals surface area contributed by atoms with Crippen molar-refractivity contribution in [2.24, 2.45) is 11.8 Å². The monoisotopic (exact) mass is 562 g/mol. The number of likely N-dealkylation sites (tertiary alicyclic amines) is 1. The summed E-state index contributed by atoms with van der Waals surface area (Å²) in [6.07, 6.45) is -3.06. The molecule has 0 saturated carbocycles. The van der Waals surface area contributed by atoms with Crippen molar-refractivity contribution in [1.82, 2.24) is 9.88 Å². The molecule has 1 aliphatic rings. The average molecular weight is 563 g/mol. The van der Waals surface area contributed by atoms with Crippen LogP contribution in [0.3, 0.4) is 0 Å². The molecule has 1 saturated heterocycles. The molecule has 3 aromatic rings. The summed E-state index contributed by atoms with van der Waals surface area (Å²) >= 11 is 5.96. The summed E-state index contributed by atoms with van der Waals surface area (Å²) in [5.74, 6) is 4.43. The lowest BCUT2D eigenvalue weighted by Gasteiger charge is -2.35. The van der Waals surface area contributed by atoms with Crippen LogP contribution in [0, 0.1) is 23.7 Å². The number of nitrogens with zero attached hydrogens (tertiary/aromatic N) is 2. The summed E-state index contributed by atoms with van der Waals surface area (Å²) in [5, 5.41) is 10.4. The number of hydrogen-bond acceptors (Lipinski definition) is 4. The van der Waals surface area contributed by atoms with E-state index in [1.54, 1.807) is 30.5 Å². The molecule has 0 aliphatic carbocycles. The first-order valence-electron chi connectivity index (χ1n) is 12.4. The van der Waals surface area contributed by atoms with Gasteiger partial charge in [0.05, 0.1) is 35.7 Å². The predicted octanol–water partition coefficient (Wildman–Crippen LogP) is 6.78. The molecular weight excluding hydrogens is 536 g/mol. The Morgan fingerprint density at radius 2 is 2.05 bits per heavy atom. The number of hydrogen-bond donors (Lipinski definition) is 1. The van der Waals surface area contributed by atoms with Gasteiger partial charge in [0, 0.05) is 23.7 Å². The second-order valence-corrected chi connectivity index (χ2v) is 9.96. The number of ether oxygens (including phenoxy) is 1. The summed E-state index contributed by atoms with van der Waals surface area (Å²) in [4.78, 5) is 18.2. The normalized spacial score (nSPS) is 18.8. The molecule has 0 radical (unpaired) electrons. The molecule has 4 rings (SSSR count). The smallest absolute Gasteiger partial charge is 0.416 e. The lowest BCUT2D eigenvalue weighted by Crippen LogP contribution is -2.44. The van der Waals surface area contributed by atoms with E-state index in [0.717, 1.165) is 12.1 Å². The van der Waals surface area contributed by atoms with E-state index in [9.17, 15) is 23.1 Å². The molecule has 2 heterocycles. The van der Waals surface area contributed by atoms with Crippen molar-refractivity contribution >= 4 is 28.5 Å². The highest BCUT2D eigenvalue weighted by Gasteiger charge is 2.34. The topological polar surface area (TPSA) is 62.7 Å². The molecule has 1 fully saturated rings. The van der Waals surface area contributed by atoms with E-state index in [0.29, 0.717) is 41.6 Å². The standard InChI is InChI=1S/C29H27ClF4N2O3/c1-39-21-7-9-27-23(16-21)22(10-12-35-27)26(31)8-5-18-11-14-36(17-24(18)28(37)38)13-2-3-19-4-6-20(15-25(19)30)29(32,33)34/h4,6-7,9-10,12,15-16,18,24,26H,5,8,11,13-14,17H2,1H3,(H,37,38)/t18-,24+,26?/m1/s1.